The zero-order chi connectivity index (χ0) is 22.0. The average molecular weight is 438 g/mol. The topological polar surface area (TPSA) is 36.4 Å². The van der Waals surface area contributed by atoms with Gasteiger partial charge in [-0.25, -0.2) is 13.8 Å². The molecule has 1 aromatic heterocycles. The van der Waals surface area contributed by atoms with Gasteiger partial charge < -0.3 is 4.90 Å². The molecule has 0 unspecified atom stereocenters. The zero-order valence-corrected chi connectivity index (χ0v) is 18.4. The van der Waals surface area contributed by atoms with Gasteiger partial charge >= 0.3 is 0 Å². The highest BCUT2D eigenvalue weighted by Gasteiger charge is 2.25. The highest BCUT2D eigenvalue weighted by molar-refractivity contribution is 6.29. The molecule has 1 aliphatic rings. The van der Waals surface area contributed by atoms with Gasteiger partial charge in [0.15, 0.2) is 0 Å². The summed E-state index contributed by atoms with van der Waals surface area (Å²) in [4.78, 5) is 19.2. The monoisotopic (exact) mass is 437 g/mol. The van der Waals surface area contributed by atoms with E-state index in [1.54, 1.807) is 18.3 Å². The van der Waals surface area contributed by atoms with Gasteiger partial charge in [0.05, 0.1) is 11.3 Å². The molecule has 31 heavy (non-hydrogen) atoms. The lowest BCUT2D eigenvalue weighted by Crippen LogP contribution is -2.38. The molecule has 6 heteroatoms. The number of piperidine rings is 1. The molecule has 1 saturated heterocycles. The van der Waals surface area contributed by atoms with Gasteiger partial charge in [-0.05, 0) is 79.6 Å². The largest absolute Gasteiger partial charge is 0.339 e. The number of carbonyl (C=O) groups is 1. The number of amides is 1. The van der Waals surface area contributed by atoms with Gasteiger partial charge in [-0.2, -0.15) is 0 Å². The number of hydrogen-bond donors (Lipinski definition) is 0. The van der Waals surface area contributed by atoms with Crippen LogP contribution in [0.5, 0.6) is 0 Å². The van der Waals surface area contributed by atoms with E-state index in [4.69, 9.17) is 11.8 Å². The summed E-state index contributed by atoms with van der Waals surface area (Å²) in [5, 5.41) is 0. The number of nitrogens with zero attached hydrogens (tertiary/aromatic N) is 3. The van der Waals surface area contributed by atoms with Gasteiger partial charge in [-0.15, -0.1) is 0 Å². The van der Waals surface area contributed by atoms with E-state index in [-0.39, 0.29) is 11.7 Å². The Hall–Kier alpha value is -2.92. The molecule has 3 aromatic rings. The van der Waals surface area contributed by atoms with Gasteiger partial charge in [-0.3, -0.25) is 4.79 Å². The molecular formula is C25H25ClFN3O. The van der Waals surface area contributed by atoms with Crippen LogP contribution >= 0.6 is 11.8 Å². The molecule has 1 fully saturated rings. The van der Waals surface area contributed by atoms with E-state index in [9.17, 15) is 9.18 Å². The van der Waals surface area contributed by atoms with Crippen molar-refractivity contribution in [3.05, 3.63) is 88.9 Å². The predicted octanol–water partition coefficient (Wildman–Crippen LogP) is 6.15. The van der Waals surface area contributed by atoms with Crippen molar-refractivity contribution in [2.75, 3.05) is 17.5 Å². The van der Waals surface area contributed by atoms with E-state index in [2.05, 4.69) is 4.98 Å². The molecule has 2 heterocycles. The Bertz CT molecular complexity index is 1060. The number of carbonyl (C=O) groups excluding carboxylic acids is 1. The SMILES string of the molecule is Cc1ccc(C)c(N(Cl)c2ccc(C(=O)N3CCC(c4ccc(F)cc4)CC3)cn2)c1. The third kappa shape index (κ3) is 4.72. The third-order valence-corrected chi connectivity index (χ3v) is 6.25. The van der Waals surface area contributed by atoms with Crippen LogP contribution in [0.25, 0.3) is 0 Å². The summed E-state index contributed by atoms with van der Waals surface area (Å²) in [6.45, 7) is 5.36. The average Bonchev–Trinajstić information content (AvgIpc) is 2.80. The second-order valence-corrected chi connectivity index (χ2v) is 8.43. The molecule has 0 saturated carbocycles. The second kappa shape index (κ2) is 9.06. The lowest BCUT2D eigenvalue weighted by molar-refractivity contribution is 0.0712. The number of rotatable bonds is 4. The quantitative estimate of drug-likeness (QED) is 0.459. The fourth-order valence-electron chi connectivity index (χ4n) is 4.02. The van der Waals surface area contributed by atoms with E-state index in [1.807, 2.05) is 49.1 Å². The smallest absolute Gasteiger partial charge is 0.255 e. The molecular weight excluding hydrogens is 413 g/mol. The molecule has 0 bridgehead atoms. The molecule has 1 amide bonds. The predicted molar refractivity (Wildman–Crippen MR) is 122 cm³/mol. The Balaban J connectivity index is 1.40. The van der Waals surface area contributed by atoms with Gasteiger partial charge in [0, 0.05) is 31.1 Å². The van der Waals surface area contributed by atoms with Crippen molar-refractivity contribution in [3.63, 3.8) is 0 Å². The molecule has 160 valence electrons. The Morgan fingerprint density at radius 2 is 1.77 bits per heavy atom. The first-order valence-electron chi connectivity index (χ1n) is 10.5. The number of aryl methyl sites for hydroxylation is 2. The Morgan fingerprint density at radius 1 is 1.06 bits per heavy atom. The summed E-state index contributed by atoms with van der Waals surface area (Å²) >= 11 is 6.53. The summed E-state index contributed by atoms with van der Waals surface area (Å²) in [7, 11) is 0. The molecule has 4 rings (SSSR count). The number of hydrogen-bond acceptors (Lipinski definition) is 3. The van der Waals surface area contributed by atoms with Crippen molar-refractivity contribution < 1.29 is 9.18 Å². The maximum absolute atomic E-state index is 13.2. The third-order valence-electron chi connectivity index (χ3n) is 5.90. The first kappa shape index (κ1) is 21.3. The number of pyridine rings is 1. The lowest BCUT2D eigenvalue weighted by Gasteiger charge is -2.32. The first-order chi connectivity index (χ1) is 14.9. The van der Waals surface area contributed by atoms with Crippen molar-refractivity contribution in [1.29, 1.82) is 0 Å². The number of likely N-dealkylation sites (tertiary alicyclic amines) is 1. The molecule has 0 N–H and O–H groups in total. The number of halogens is 2. The van der Waals surface area contributed by atoms with Crippen molar-refractivity contribution in [2.45, 2.75) is 32.6 Å². The van der Waals surface area contributed by atoms with E-state index < -0.39 is 0 Å². The van der Waals surface area contributed by atoms with Crippen LogP contribution in [-0.4, -0.2) is 28.9 Å². The van der Waals surface area contributed by atoms with Crippen molar-refractivity contribution in [1.82, 2.24) is 9.88 Å². The van der Waals surface area contributed by atoms with Crippen LogP contribution in [-0.2, 0) is 0 Å². The van der Waals surface area contributed by atoms with Gasteiger partial charge in [-0.1, -0.05) is 24.3 Å². The molecule has 0 aliphatic carbocycles. The lowest BCUT2D eigenvalue weighted by atomic mass is 9.89. The number of anilines is 2. The van der Waals surface area contributed by atoms with E-state index in [0.29, 0.717) is 30.4 Å². The highest BCUT2D eigenvalue weighted by atomic mass is 35.5. The fourth-order valence-corrected chi connectivity index (χ4v) is 4.30. The van der Waals surface area contributed by atoms with Crippen LogP contribution in [0.4, 0.5) is 15.9 Å². The molecule has 0 atom stereocenters. The van der Waals surface area contributed by atoms with Crippen LogP contribution in [0.3, 0.4) is 0 Å². The maximum Gasteiger partial charge on any atom is 0.255 e. The van der Waals surface area contributed by atoms with Gasteiger partial charge in [0.25, 0.3) is 5.91 Å². The fraction of sp³-hybridized carbons (Fsp3) is 0.280. The first-order valence-corrected chi connectivity index (χ1v) is 10.8. The van der Waals surface area contributed by atoms with Crippen LogP contribution < -0.4 is 4.42 Å². The van der Waals surface area contributed by atoms with Crippen LogP contribution in [0.2, 0.25) is 0 Å². The molecule has 2 aromatic carbocycles. The van der Waals surface area contributed by atoms with Crippen molar-refractivity contribution in [3.8, 4) is 0 Å². The molecule has 4 nitrogen and oxygen atoms in total. The number of aromatic nitrogens is 1. The minimum atomic E-state index is -0.222. The Morgan fingerprint density at radius 3 is 2.42 bits per heavy atom. The van der Waals surface area contributed by atoms with E-state index in [0.717, 1.165) is 35.2 Å². The van der Waals surface area contributed by atoms with Crippen LogP contribution in [0.15, 0.2) is 60.8 Å². The minimum Gasteiger partial charge on any atom is -0.339 e. The van der Waals surface area contributed by atoms with Gasteiger partial charge in [0.2, 0.25) is 0 Å². The molecule has 1 aliphatic heterocycles. The standard InChI is InChI=1S/C25H25ClFN3O/c1-17-3-4-18(2)23(15-17)30(26)24-10-7-21(16-28-24)25(31)29-13-11-20(12-14-29)19-5-8-22(27)9-6-19/h3-10,15-16,20H,11-14H2,1-2H3. The maximum atomic E-state index is 13.2. The highest BCUT2D eigenvalue weighted by Crippen LogP contribution is 2.31. The summed E-state index contributed by atoms with van der Waals surface area (Å²) in [5.74, 6) is 0.680. The Kier molecular flexibility index (Phi) is 6.23. The normalized spacial score (nSPS) is 14.5. The molecule has 0 spiro atoms. The van der Waals surface area contributed by atoms with Gasteiger partial charge in [0.1, 0.15) is 11.6 Å². The summed E-state index contributed by atoms with van der Waals surface area (Å²) in [6, 6.07) is 16.3. The van der Waals surface area contributed by atoms with Crippen LogP contribution in [0.1, 0.15) is 45.8 Å². The summed E-state index contributed by atoms with van der Waals surface area (Å²) in [5.41, 5.74) is 4.72. The second-order valence-electron chi connectivity index (χ2n) is 8.09. The van der Waals surface area contributed by atoms with Crippen molar-refractivity contribution in [2.24, 2.45) is 0 Å². The number of benzene rings is 2. The van der Waals surface area contributed by atoms with E-state index in [1.165, 1.54) is 16.6 Å². The van der Waals surface area contributed by atoms with Crippen LogP contribution in [0, 0.1) is 19.7 Å². The molecule has 0 radical (unpaired) electrons. The zero-order valence-electron chi connectivity index (χ0n) is 17.7. The summed E-state index contributed by atoms with van der Waals surface area (Å²) in [6.07, 6.45) is 3.32. The van der Waals surface area contributed by atoms with E-state index >= 15 is 0 Å². The Labute approximate surface area is 187 Å². The minimum absolute atomic E-state index is 0.0236. The van der Waals surface area contributed by atoms with Crippen molar-refractivity contribution >= 4 is 29.2 Å². The summed E-state index contributed by atoms with van der Waals surface area (Å²) < 4.78 is 14.7.